The van der Waals surface area contributed by atoms with Gasteiger partial charge in [0.2, 0.25) is 0 Å². The second-order valence-electron chi connectivity index (χ2n) is 5.29. The van der Waals surface area contributed by atoms with Crippen LogP contribution >= 0.6 is 11.3 Å². The van der Waals surface area contributed by atoms with Gasteiger partial charge in [-0.25, -0.2) is 9.59 Å². The van der Waals surface area contributed by atoms with Gasteiger partial charge in [-0.15, -0.1) is 0 Å². The smallest absolute Gasteiger partial charge is 0.329 e. The number of aliphatic carboxylic acids is 1. The molecule has 0 saturated carbocycles. The van der Waals surface area contributed by atoms with Crippen molar-refractivity contribution in [2.24, 2.45) is 0 Å². The van der Waals surface area contributed by atoms with Gasteiger partial charge in [-0.3, -0.25) is 0 Å². The number of carbonyl (C=O) groups is 2. The molecule has 112 valence electrons. The van der Waals surface area contributed by atoms with Crippen LogP contribution in [0.25, 0.3) is 0 Å². The van der Waals surface area contributed by atoms with E-state index >= 15 is 0 Å². The maximum absolute atomic E-state index is 12.2. The second kappa shape index (κ2) is 6.74. The van der Waals surface area contributed by atoms with Gasteiger partial charge in [-0.1, -0.05) is 0 Å². The highest BCUT2D eigenvalue weighted by molar-refractivity contribution is 7.07. The lowest BCUT2D eigenvalue weighted by Crippen LogP contribution is -2.57. The fourth-order valence-electron chi connectivity index (χ4n) is 2.01. The van der Waals surface area contributed by atoms with E-state index in [9.17, 15) is 14.7 Å². The summed E-state index contributed by atoms with van der Waals surface area (Å²) in [7, 11) is 0. The molecule has 2 amide bonds. The summed E-state index contributed by atoms with van der Waals surface area (Å²) in [6.45, 7) is 7.09. The van der Waals surface area contributed by atoms with Gasteiger partial charge >= 0.3 is 12.0 Å². The average Bonchev–Trinajstić information content (AvgIpc) is 2.81. The Morgan fingerprint density at radius 2 is 2.15 bits per heavy atom. The number of urea groups is 1. The number of amides is 2. The Labute approximate surface area is 123 Å². The van der Waals surface area contributed by atoms with Crippen LogP contribution in [0.4, 0.5) is 4.79 Å². The SMILES string of the molecule is CCN(C(=O)NC(C)Cc1ccsc1)C(C)(C)C(=O)O. The van der Waals surface area contributed by atoms with Gasteiger partial charge in [-0.05, 0) is 56.5 Å². The van der Waals surface area contributed by atoms with Crippen molar-refractivity contribution in [1.29, 1.82) is 0 Å². The molecule has 1 atom stereocenters. The standard InChI is InChI=1S/C14H22N2O3S/c1-5-16(14(3,4)12(17)18)13(19)15-10(2)8-11-6-7-20-9-11/h6-7,9-10H,5,8H2,1-4H3,(H,15,19)(H,17,18). The van der Waals surface area contributed by atoms with Gasteiger partial charge in [0.1, 0.15) is 5.54 Å². The monoisotopic (exact) mass is 298 g/mol. The summed E-state index contributed by atoms with van der Waals surface area (Å²) >= 11 is 1.62. The fourth-order valence-corrected chi connectivity index (χ4v) is 2.69. The zero-order valence-corrected chi connectivity index (χ0v) is 13.2. The Hall–Kier alpha value is -1.56. The first-order valence-corrected chi connectivity index (χ1v) is 7.56. The summed E-state index contributed by atoms with van der Waals surface area (Å²) in [6.07, 6.45) is 0.736. The van der Waals surface area contributed by atoms with Crippen LogP contribution < -0.4 is 5.32 Å². The van der Waals surface area contributed by atoms with E-state index < -0.39 is 11.5 Å². The lowest BCUT2D eigenvalue weighted by Gasteiger charge is -2.35. The summed E-state index contributed by atoms with van der Waals surface area (Å²) in [5.41, 5.74) is -0.0515. The Kier molecular flexibility index (Phi) is 5.56. The quantitative estimate of drug-likeness (QED) is 0.848. The first kappa shape index (κ1) is 16.5. The minimum Gasteiger partial charge on any atom is -0.480 e. The van der Waals surface area contributed by atoms with E-state index in [1.54, 1.807) is 18.3 Å². The molecule has 0 bridgehead atoms. The highest BCUT2D eigenvalue weighted by Crippen LogP contribution is 2.15. The number of likely N-dealkylation sites (N-methyl/N-ethyl adjacent to an activating group) is 1. The minimum atomic E-state index is -1.22. The van der Waals surface area contributed by atoms with E-state index in [1.807, 2.05) is 23.8 Å². The molecule has 20 heavy (non-hydrogen) atoms. The van der Waals surface area contributed by atoms with Crippen molar-refractivity contribution in [3.8, 4) is 0 Å². The van der Waals surface area contributed by atoms with Crippen molar-refractivity contribution in [2.45, 2.75) is 45.7 Å². The van der Waals surface area contributed by atoms with Crippen molar-refractivity contribution in [3.63, 3.8) is 0 Å². The number of carboxylic acids is 1. The maximum Gasteiger partial charge on any atom is 0.329 e. The van der Waals surface area contributed by atoms with Crippen molar-refractivity contribution in [3.05, 3.63) is 22.4 Å². The fraction of sp³-hybridized carbons (Fsp3) is 0.571. The van der Waals surface area contributed by atoms with E-state index in [-0.39, 0.29) is 12.1 Å². The molecule has 6 heteroatoms. The predicted molar refractivity (Wildman–Crippen MR) is 80.1 cm³/mol. The van der Waals surface area contributed by atoms with Crippen molar-refractivity contribution in [1.82, 2.24) is 10.2 Å². The van der Waals surface area contributed by atoms with E-state index in [0.717, 1.165) is 6.42 Å². The number of hydrogen-bond donors (Lipinski definition) is 2. The zero-order valence-electron chi connectivity index (χ0n) is 12.3. The topological polar surface area (TPSA) is 69.6 Å². The molecule has 0 aliphatic heterocycles. The molecular weight excluding hydrogens is 276 g/mol. The molecule has 1 unspecified atom stereocenters. The summed E-state index contributed by atoms with van der Waals surface area (Å²) in [6, 6.07) is 1.63. The number of carbonyl (C=O) groups excluding carboxylic acids is 1. The van der Waals surface area contributed by atoms with Gasteiger partial charge in [0.25, 0.3) is 0 Å². The number of hydrogen-bond acceptors (Lipinski definition) is 3. The average molecular weight is 298 g/mol. The van der Waals surface area contributed by atoms with Gasteiger partial charge in [0.15, 0.2) is 0 Å². The molecule has 0 aliphatic rings. The molecule has 1 heterocycles. The first-order valence-electron chi connectivity index (χ1n) is 6.61. The summed E-state index contributed by atoms with van der Waals surface area (Å²) in [5, 5.41) is 16.1. The largest absolute Gasteiger partial charge is 0.480 e. The van der Waals surface area contributed by atoms with Gasteiger partial charge in [-0.2, -0.15) is 11.3 Å². The molecule has 0 aliphatic carbocycles. The normalized spacial score (nSPS) is 12.8. The Morgan fingerprint density at radius 3 is 2.60 bits per heavy atom. The molecule has 0 saturated heterocycles. The van der Waals surface area contributed by atoms with Gasteiger partial charge in [0, 0.05) is 12.6 Å². The van der Waals surface area contributed by atoms with Gasteiger partial charge < -0.3 is 15.3 Å². The second-order valence-corrected chi connectivity index (χ2v) is 6.07. The lowest BCUT2D eigenvalue weighted by atomic mass is 10.0. The predicted octanol–water partition coefficient (Wildman–Crippen LogP) is 2.57. The number of carboxylic acid groups (broad SMARTS) is 1. The Balaban J connectivity index is 2.66. The third-order valence-electron chi connectivity index (χ3n) is 3.25. The van der Waals surface area contributed by atoms with Crippen LogP contribution in [0.15, 0.2) is 16.8 Å². The summed E-state index contributed by atoms with van der Waals surface area (Å²) in [4.78, 5) is 24.8. The van der Waals surface area contributed by atoms with Crippen LogP contribution in [0, 0.1) is 0 Å². The zero-order chi connectivity index (χ0) is 15.3. The maximum atomic E-state index is 12.2. The van der Waals surface area contributed by atoms with E-state index in [0.29, 0.717) is 6.54 Å². The van der Waals surface area contributed by atoms with E-state index in [4.69, 9.17) is 0 Å². The van der Waals surface area contributed by atoms with Crippen LogP contribution in [0.3, 0.4) is 0 Å². The number of nitrogens with zero attached hydrogens (tertiary/aromatic N) is 1. The third kappa shape index (κ3) is 3.96. The summed E-state index contributed by atoms with van der Waals surface area (Å²) in [5.74, 6) is -1.01. The minimum absolute atomic E-state index is 0.0456. The molecule has 0 spiro atoms. The van der Waals surface area contributed by atoms with Crippen LogP contribution in [-0.4, -0.2) is 40.1 Å². The highest BCUT2D eigenvalue weighted by atomic mass is 32.1. The molecule has 1 rings (SSSR count). The lowest BCUT2D eigenvalue weighted by molar-refractivity contribution is -0.147. The highest BCUT2D eigenvalue weighted by Gasteiger charge is 2.37. The van der Waals surface area contributed by atoms with E-state index in [1.165, 1.54) is 24.3 Å². The molecular formula is C14H22N2O3S. The van der Waals surface area contributed by atoms with Gasteiger partial charge in [0.05, 0.1) is 0 Å². The molecule has 0 fully saturated rings. The summed E-state index contributed by atoms with van der Waals surface area (Å²) < 4.78 is 0. The molecule has 0 aromatic carbocycles. The van der Waals surface area contributed by atoms with Crippen LogP contribution in [0.5, 0.6) is 0 Å². The molecule has 1 aromatic heterocycles. The van der Waals surface area contributed by atoms with Crippen LogP contribution in [0.2, 0.25) is 0 Å². The molecule has 1 aromatic rings. The Morgan fingerprint density at radius 1 is 1.50 bits per heavy atom. The molecule has 2 N–H and O–H groups in total. The number of rotatable bonds is 6. The first-order chi connectivity index (χ1) is 9.28. The molecule has 0 radical (unpaired) electrons. The van der Waals surface area contributed by atoms with Crippen molar-refractivity contribution < 1.29 is 14.7 Å². The van der Waals surface area contributed by atoms with Crippen LogP contribution in [0.1, 0.15) is 33.3 Å². The molecule has 5 nitrogen and oxygen atoms in total. The third-order valence-corrected chi connectivity index (χ3v) is 3.98. The number of thiophene rings is 1. The van der Waals surface area contributed by atoms with Crippen molar-refractivity contribution >= 4 is 23.3 Å². The van der Waals surface area contributed by atoms with Crippen LogP contribution in [-0.2, 0) is 11.2 Å². The number of nitrogens with one attached hydrogen (secondary N) is 1. The van der Waals surface area contributed by atoms with Crippen molar-refractivity contribution in [2.75, 3.05) is 6.54 Å². The van der Waals surface area contributed by atoms with E-state index in [2.05, 4.69) is 5.32 Å². The Bertz CT molecular complexity index is 457.